The van der Waals surface area contributed by atoms with E-state index in [0.717, 1.165) is 0 Å². The van der Waals surface area contributed by atoms with Crippen LogP contribution < -0.4 is 20.9 Å². The SMILES string of the molecule is CCOCCC(=O)NNC(=S)NC(=O)c1ccc(OCC)cc1. The maximum atomic E-state index is 12.0. The molecule has 0 aliphatic rings. The predicted molar refractivity (Wildman–Crippen MR) is 90.1 cm³/mol. The summed E-state index contributed by atoms with van der Waals surface area (Å²) in [7, 11) is 0. The molecule has 0 unspecified atom stereocenters. The van der Waals surface area contributed by atoms with Crippen molar-refractivity contribution in [1.82, 2.24) is 16.2 Å². The second-order valence-electron chi connectivity index (χ2n) is 4.36. The topological polar surface area (TPSA) is 88.7 Å². The molecule has 2 amide bonds. The first-order valence-electron chi connectivity index (χ1n) is 7.27. The van der Waals surface area contributed by atoms with Gasteiger partial charge in [0.1, 0.15) is 5.75 Å². The third-order valence-corrected chi connectivity index (χ3v) is 2.85. The summed E-state index contributed by atoms with van der Waals surface area (Å²) in [6.45, 7) is 5.17. The highest BCUT2D eigenvalue weighted by Gasteiger charge is 2.08. The Kier molecular flexibility index (Phi) is 8.63. The summed E-state index contributed by atoms with van der Waals surface area (Å²) in [4.78, 5) is 23.4. The Hall–Kier alpha value is -2.19. The van der Waals surface area contributed by atoms with Gasteiger partial charge in [0.05, 0.1) is 19.6 Å². The summed E-state index contributed by atoms with van der Waals surface area (Å²) < 4.78 is 10.4. The molecule has 1 rings (SSSR count). The van der Waals surface area contributed by atoms with Gasteiger partial charge >= 0.3 is 0 Å². The molecule has 1 aromatic rings. The van der Waals surface area contributed by atoms with E-state index in [1.54, 1.807) is 24.3 Å². The smallest absolute Gasteiger partial charge is 0.257 e. The second kappa shape index (κ2) is 10.5. The van der Waals surface area contributed by atoms with Gasteiger partial charge in [0.25, 0.3) is 5.91 Å². The number of hydrogen-bond acceptors (Lipinski definition) is 5. The molecule has 0 fully saturated rings. The third-order valence-electron chi connectivity index (χ3n) is 2.65. The summed E-state index contributed by atoms with van der Waals surface area (Å²) in [5.74, 6) is 0.0246. The number of nitrogens with one attached hydrogen (secondary N) is 3. The maximum Gasteiger partial charge on any atom is 0.257 e. The maximum absolute atomic E-state index is 12.0. The van der Waals surface area contributed by atoms with Crippen LogP contribution >= 0.6 is 12.2 Å². The van der Waals surface area contributed by atoms with Gasteiger partial charge < -0.3 is 9.47 Å². The minimum atomic E-state index is -0.380. The Bertz CT molecular complexity index is 534. The Morgan fingerprint density at radius 1 is 1.09 bits per heavy atom. The van der Waals surface area contributed by atoms with E-state index in [1.165, 1.54) is 0 Å². The average molecular weight is 339 g/mol. The van der Waals surface area contributed by atoms with Crippen molar-refractivity contribution in [2.75, 3.05) is 19.8 Å². The highest BCUT2D eigenvalue weighted by atomic mass is 32.1. The normalized spacial score (nSPS) is 9.83. The molecular weight excluding hydrogens is 318 g/mol. The van der Waals surface area contributed by atoms with Crippen molar-refractivity contribution in [3.05, 3.63) is 29.8 Å². The van der Waals surface area contributed by atoms with Gasteiger partial charge in [-0.3, -0.25) is 25.8 Å². The van der Waals surface area contributed by atoms with E-state index in [0.29, 0.717) is 31.1 Å². The van der Waals surface area contributed by atoms with E-state index in [2.05, 4.69) is 16.2 Å². The summed E-state index contributed by atoms with van der Waals surface area (Å²) in [6, 6.07) is 6.65. The van der Waals surface area contributed by atoms with E-state index >= 15 is 0 Å². The standard InChI is InChI=1S/C15H21N3O4S/c1-3-21-10-9-13(19)17-18-15(23)16-14(20)11-5-7-12(8-6-11)22-4-2/h5-8H,3-4,9-10H2,1-2H3,(H,17,19)(H2,16,18,20,23). The first kappa shape index (κ1) is 18.9. The van der Waals surface area contributed by atoms with Crippen molar-refractivity contribution in [2.45, 2.75) is 20.3 Å². The molecule has 0 spiro atoms. The number of hydrazine groups is 1. The zero-order chi connectivity index (χ0) is 17.1. The Labute approximate surface area is 140 Å². The van der Waals surface area contributed by atoms with Gasteiger partial charge in [-0.25, -0.2) is 0 Å². The van der Waals surface area contributed by atoms with Gasteiger partial charge in [0.2, 0.25) is 5.91 Å². The highest BCUT2D eigenvalue weighted by molar-refractivity contribution is 7.80. The lowest BCUT2D eigenvalue weighted by molar-refractivity contribution is -0.122. The van der Waals surface area contributed by atoms with Gasteiger partial charge in [0.15, 0.2) is 5.11 Å². The predicted octanol–water partition coefficient (Wildman–Crippen LogP) is 1.15. The van der Waals surface area contributed by atoms with E-state index in [4.69, 9.17) is 21.7 Å². The second-order valence-corrected chi connectivity index (χ2v) is 4.77. The molecule has 0 aromatic heterocycles. The van der Waals surface area contributed by atoms with E-state index in [-0.39, 0.29) is 23.3 Å². The van der Waals surface area contributed by atoms with E-state index < -0.39 is 0 Å². The van der Waals surface area contributed by atoms with E-state index in [1.807, 2.05) is 13.8 Å². The first-order valence-corrected chi connectivity index (χ1v) is 7.68. The molecule has 0 bridgehead atoms. The van der Waals surface area contributed by atoms with Gasteiger partial charge in [-0.1, -0.05) is 0 Å². The highest BCUT2D eigenvalue weighted by Crippen LogP contribution is 2.11. The van der Waals surface area contributed by atoms with Crippen molar-refractivity contribution in [2.24, 2.45) is 0 Å². The van der Waals surface area contributed by atoms with Crippen LogP contribution in [0.25, 0.3) is 0 Å². The van der Waals surface area contributed by atoms with Crippen LogP contribution in [-0.2, 0) is 9.53 Å². The minimum absolute atomic E-state index is 0.00800. The van der Waals surface area contributed by atoms with Gasteiger partial charge in [-0.05, 0) is 50.3 Å². The van der Waals surface area contributed by atoms with Crippen LogP contribution in [0.1, 0.15) is 30.6 Å². The van der Waals surface area contributed by atoms with Gasteiger partial charge in [0, 0.05) is 12.2 Å². The molecule has 1 aromatic carbocycles. The Morgan fingerprint density at radius 3 is 2.39 bits per heavy atom. The number of amides is 2. The molecule has 3 N–H and O–H groups in total. The molecule has 126 valence electrons. The van der Waals surface area contributed by atoms with Crippen molar-refractivity contribution < 1.29 is 19.1 Å². The molecule has 0 aliphatic carbocycles. The molecule has 0 atom stereocenters. The summed E-state index contributed by atoms with van der Waals surface area (Å²) in [6.07, 6.45) is 0.205. The van der Waals surface area contributed by atoms with Crippen LogP contribution in [0.2, 0.25) is 0 Å². The Morgan fingerprint density at radius 2 is 1.78 bits per heavy atom. The van der Waals surface area contributed by atoms with Crippen LogP contribution in [0.5, 0.6) is 5.75 Å². The third kappa shape index (κ3) is 7.57. The largest absolute Gasteiger partial charge is 0.494 e. The molecule has 8 heteroatoms. The fraction of sp³-hybridized carbons (Fsp3) is 0.400. The minimum Gasteiger partial charge on any atom is -0.494 e. The van der Waals surface area contributed by atoms with Crippen LogP contribution in [0.4, 0.5) is 0 Å². The van der Waals surface area contributed by atoms with Gasteiger partial charge in [-0.2, -0.15) is 0 Å². The molecule has 7 nitrogen and oxygen atoms in total. The quantitative estimate of drug-likeness (QED) is 0.392. The number of benzene rings is 1. The molecule has 0 saturated heterocycles. The zero-order valence-corrected chi connectivity index (χ0v) is 14.0. The number of rotatable bonds is 7. The van der Waals surface area contributed by atoms with Crippen molar-refractivity contribution in [3.8, 4) is 5.75 Å². The Balaban J connectivity index is 2.35. The van der Waals surface area contributed by atoms with E-state index in [9.17, 15) is 9.59 Å². The fourth-order valence-electron chi connectivity index (χ4n) is 1.57. The summed E-state index contributed by atoms with van der Waals surface area (Å²) in [5.41, 5.74) is 5.27. The number of carbonyl (C=O) groups excluding carboxylic acids is 2. The van der Waals surface area contributed by atoms with Crippen LogP contribution in [0.3, 0.4) is 0 Å². The monoisotopic (exact) mass is 339 g/mol. The van der Waals surface area contributed by atoms with Crippen molar-refractivity contribution in [3.63, 3.8) is 0 Å². The lowest BCUT2D eigenvalue weighted by Crippen LogP contribution is -2.48. The molecule has 23 heavy (non-hydrogen) atoms. The van der Waals surface area contributed by atoms with Crippen LogP contribution in [0, 0.1) is 0 Å². The zero-order valence-electron chi connectivity index (χ0n) is 13.2. The summed E-state index contributed by atoms with van der Waals surface area (Å²) >= 11 is 4.94. The van der Waals surface area contributed by atoms with Crippen molar-refractivity contribution >= 4 is 29.1 Å². The van der Waals surface area contributed by atoms with Crippen molar-refractivity contribution in [1.29, 1.82) is 0 Å². The fourth-order valence-corrected chi connectivity index (χ4v) is 1.72. The number of thiocarbonyl (C=S) groups is 1. The van der Waals surface area contributed by atoms with Crippen LogP contribution in [0.15, 0.2) is 24.3 Å². The molecule has 0 heterocycles. The average Bonchev–Trinajstić information content (AvgIpc) is 2.54. The number of carbonyl (C=O) groups is 2. The molecular formula is C15H21N3O4S. The molecule has 0 radical (unpaired) electrons. The number of ether oxygens (including phenoxy) is 2. The number of hydrogen-bond donors (Lipinski definition) is 3. The lowest BCUT2D eigenvalue weighted by Gasteiger charge is -2.11. The lowest BCUT2D eigenvalue weighted by atomic mass is 10.2. The van der Waals surface area contributed by atoms with Crippen LogP contribution in [-0.4, -0.2) is 36.7 Å². The molecule has 0 saturated carbocycles. The van der Waals surface area contributed by atoms with Gasteiger partial charge in [-0.15, -0.1) is 0 Å². The molecule has 0 aliphatic heterocycles. The summed E-state index contributed by atoms with van der Waals surface area (Å²) in [5, 5.41) is 2.47. The first-order chi connectivity index (χ1) is 11.1.